The van der Waals surface area contributed by atoms with Gasteiger partial charge in [-0.05, 0) is 39.3 Å². The average Bonchev–Trinajstić information content (AvgIpc) is 2.37. The summed E-state index contributed by atoms with van der Waals surface area (Å²) in [6.07, 6.45) is 1.96. The Morgan fingerprint density at radius 3 is 2.58 bits per heavy atom. The standard InChI is InChI=1S/C15H24N2O2/c1-5-9-16-12(4)13(6-2)14-10-11(3)7-8-15(14)17(18)19/h7-8,10,12-13,16H,5-6,9H2,1-4H3. The molecule has 2 atom stereocenters. The van der Waals surface area contributed by atoms with Gasteiger partial charge in [-0.3, -0.25) is 10.1 Å². The van der Waals surface area contributed by atoms with E-state index in [4.69, 9.17) is 0 Å². The third kappa shape index (κ3) is 4.03. The molecule has 0 spiro atoms. The molecule has 106 valence electrons. The van der Waals surface area contributed by atoms with Crippen LogP contribution in [0.5, 0.6) is 0 Å². The molecule has 0 aliphatic rings. The van der Waals surface area contributed by atoms with Gasteiger partial charge in [-0.1, -0.05) is 25.5 Å². The molecule has 1 aromatic carbocycles. The molecule has 0 fully saturated rings. The van der Waals surface area contributed by atoms with Crippen molar-refractivity contribution in [1.82, 2.24) is 5.32 Å². The van der Waals surface area contributed by atoms with E-state index in [-0.39, 0.29) is 22.6 Å². The number of nitro groups is 1. The summed E-state index contributed by atoms with van der Waals surface area (Å²) in [6, 6.07) is 5.62. The molecule has 0 aromatic heterocycles. The van der Waals surface area contributed by atoms with Crippen LogP contribution in [0, 0.1) is 17.0 Å². The lowest BCUT2D eigenvalue weighted by molar-refractivity contribution is -0.385. The van der Waals surface area contributed by atoms with Gasteiger partial charge in [0, 0.05) is 23.6 Å². The van der Waals surface area contributed by atoms with E-state index in [0.29, 0.717) is 0 Å². The molecule has 0 bridgehead atoms. The summed E-state index contributed by atoms with van der Waals surface area (Å²) >= 11 is 0. The lowest BCUT2D eigenvalue weighted by atomic mass is 9.88. The highest BCUT2D eigenvalue weighted by atomic mass is 16.6. The van der Waals surface area contributed by atoms with E-state index in [0.717, 1.165) is 30.5 Å². The van der Waals surface area contributed by atoms with Crippen LogP contribution in [0.4, 0.5) is 5.69 Å². The summed E-state index contributed by atoms with van der Waals surface area (Å²) in [5.74, 6) is 0.173. The Morgan fingerprint density at radius 2 is 2.05 bits per heavy atom. The molecule has 0 amide bonds. The second-order valence-corrected chi connectivity index (χ2v) is 5.08. The van der Waals surface area contributed by atoms with E-state index >= 15 is 0 Å². The maximum atomic E-state index is 11.2. The summed E-state index contributed by atoms with van der Waals surface area (Å²) in [6.45, 7) is 9.23. The van der Waals surface area contributed by atoms with Gasteiger partial charge in [0.1, 0.15) is 0 Å². The highest BCUT2D eigenvalue weighted by Crippen LogP contribution is 2.32. The van der Waals surface area contributed by atoms with Gasteiger partial charge in [0.15, 0.2) is 0 Å². The molecule has 1 aromatic rings. The quantitative estimate of drug-likeness (QED) is 0.602. The predicted octanol–water partition coefficient (Wildman–Crippen LogP) is 3.78. The van der Waals surface area contributed by atoms with E-state index in [2.05, 4.69) is 26.1 Å². The third-order valence-corrected chi connectivity index (χ3v) is 3.54. The van der Waals surface area contributed by atoms with Crippen LogP contribution >= 0.6 is 0 Å². The number of nitro benzene ring substituents is 1. The number of hydrogen-bond donors (Lipinski definition) is 1. The molecule has 4 nitrogen and oxygen atoms in total. The zero-order valence-corrected chi connectivity index (χ0v) is 12.3. The lowest BCUT2D eigenvalue weighted by Gasteiger charge is -2.24. The van der Waals surface area contributed by atoms with Crippen molar-refractivity contribution in [2.75, 3.05) is 6.54 Å². The second kappa shape index (κ2) is 7.24. The van der Waals surface area contributed by atoms with Gasteiger partial charge < -0.3 is 5.32 Å². The van der Waals surface area contributed by atoms with Crippen molar-refractivity contribution < 1.29 is 4.92 Å². The predicted molar refractivity (Wildman–Crippen MR) is 78.6 cm³/mol. The van der Waals surface area contributed by atoms with Crippen molar-refractivity contribution >= 4 is 5.69 Å². The minimum absolute atomic E-state index is 0.173. The van der Waals surface area contributed by atoms with Crippen LogP contribution in [0.1, 0.15) is 50.7 Å². The number of nitrogens with zero attached hydrogens (tertiary/aromatic N) is 1. The monoisotopic (exact) mass is 264 g/mol. The molecule has 19 heavy (non-hydrogen) atoms. The molecular formula is C15H24N2O2. The van der Waals surface area contributed by atoms with Gasteiger partial charge in [-0.2, -0.15) is 0 Å². The summed E-state index contributed by atoms with van der Waals surface area (Å²) < 4.78 is 0. The molecule has 1 rings (SSSR count). The minimum atomic E-state index is -0.274. The summed E-state index contributed by atoms with van der Waals surface area (Å²) in [4.78, 5) is 10.9. The van der Waals surface area contributed by atoms with Crippen LogP contribution in [0.25, 0.3) is 0 Å². The maximum absolute atomic E-state index is 11.2. The van der Waals surface area contributed by atoms with E-state index in [1.54, 1.807) is 12.1 Å². The van der Waals surface area contributed by atoms with Crippen LogP contribution in [0.15, 0.2) is 18.2 Å². The van der Waals surface area contributed by atoms with Gasteiger partial charge in [-0.15, -0.1) is 0 Å². The number of benzene rings is 1. The third-order valence-electron chi connectivity index (χ3n) is 3.54. The fourth-order valence-electron chi connectivity index (χ4n) is 2.49. The van der Waals surface area contributed by atoms with Crippen molar-refractivity contribution in [3.05, 3.63) is 39.4 Å². The van der Waals surface area contributed by atoms with Crippen molar-refractivity contribution in [3.63, 3.8) is 0 Å². The molecule has 4 heteroatoms. The molecule has 0 radical (unpaired) electrons. The molecule has 2 unspecified atom stereocenters. The summed E-state index contributed by atoms with van der Waals surface area (Å²) in [5.41, 5.74) is 2.16. The number of hydrogen-bond acceptors (Lipinski definition) is 3. The molecule has 0 aliphatic heterocycles. The van der Waals surface area contributed by atoms with E-state index in [1.165, 1.54) is 0 Å². The first-order valence-corrected chi connectivity index (χ1v) is 6.99. The van der Waals surface area contributed by atoms with Crippen LogP contribution in [0.2, 0.25) is 0 Å². The zero-order chi connectivity index (χ0) is 14.4. The molecule has 0 saturated carbocycles. The summed E-state index contributed by atoms with van der Waals surface area (Å²) in [5, 5.41) is 14.6. The molecule has 0 heterocycles. The van der Waals surface area contributed by atoms with Gasteiger partial charge in [0.05, 0.1) is 4.92 Å². The fraction of sp³-hybridized carbons (Fsp3) is 0.600. The van der Waals surface area contributed by atoms with Gasteiger partial charge in [0.2, 0.25) is 0 Å². The number of aryl methyl sites for hydroxylation is 1. The summed E-state index contributed by atoms with van der Waals surface area (Å²) in [7, 11) is 0. The van der Waals surface area contributed by atoms with Gasteiger partial charge in [0.25, 0.3) is 5.69 Å². The molecular weight excluding hydrogens is 240 g/mol. The normalized spacial score (nSPS) is 14.1. The first-order chi connectivity index (χ1) is 9.01. The van der Waals surface area contributed by atoms with Crippen LogP contribution in [-0.4, -0.2) is 17.5 Å². The average molecular weight is 264 g/mol. The van der Waals surface area contributed by atoms with E-state index < -0.39 is 0 Å². The van der Waals surface area contributed by atoms with E-state index in [1.807, 2.05) is 13.0 Å². The Kier molecular flexibility index (Phi) is 5.96. The lowest BCUT2D eigenvalue weighted by Crippen LogP contribution is -2.32. The Labute approximate surface area is 115 Å². The SMILES string of the molecule is CCCNC(C)C(CC)c1cc(C)ccc1[N+](=O)[O-]. The van der Waals surface area contributed by atoms with Crippen molar-refractivity contribution in [3.8, 4) is 0 Å². The van der Waals surface area contributed by atoms with Gasteiger partial charge in [-0.25, -0.2) is 0 Å². The Hall–Kier alpha value is -1.42. The molecule has 0 aliphatic carbocycles. The molecule has 0 saturated heterocycles. The first kappa shape index (κ1) is 15.6. The van der Waals surface area contributed by atoms with Crippen molar-refractivity contribution in [1.29, 1.82) is 0 Å². The fourth-order valence-corrected chi connectivity index (χ4v) is 2.49. The van der Waals surface area contributed by atoms with E-state index in [9.17, 15) is 10.1 Å². The maximum Gasteiger partial charge on any atom is 0.272 e. The number of nitrogens with one attached hydrogen (secondary N) is 1. The topological polar surface area (TPSA) is 55.2 Å². The van der Waals surface area contributed by atoms with Crippen molar-refractivity contribution in [2.24, 2.45) is 0 Å². The Bertz CT molecular complexity index is 432. The highest BCUT2D eigenvalue weighted by Gasteiger charge is 2.25. The molecule has 1 N–H and O–H groups in total. The Balaban J connectivity index is 3.09. The smallest absolute Gasteiger partial charge is 0.272 e. The van der Waals surface area contributed by atoms with Gasteiger partial charge >= 0.3 is 0 Å². The van der Waals surface area contributed by atoms with Crippen LogP contribution in [-0.2, 0) is 0 Å². The van der Waals surface area contributed by atoms with Crippen LogP contribution < -0.4 is 5.32 Å². The Morgan fingerprint density at radius 1 is 1.37 bits per heavy atom. The largest absolute Gasteiger partial charge is 0.314 e. The minimum Gasteiger partial charge on any atom is -0.314 e. The number of rotatable bonds is 7. The highest BCUT2D eigenvalue weighted by molar-refractivity contribution is 5.45. The van der Waals surface area contributed by atoms with Crippen molar-refractivity contribution in [2.45, 2.75) is 52.5 Å². The first-order valence-electron chi connectivity index (χ1n) is 6.99. The van der Waals surface area contributed by atoms with Crippen LogP contribution in [0.3, 0.4) is 0 Å². The zero-order valence-electron chi connectivity index (χ0n) is 12.3. The second-order valence-electron chi connectivity index (χ2n) is 5.08.